The van der Waals surface area contributed by atoms with E-state index in [9.17, 15) is 0 Å². The third-order valence-corrected chi connectivity index (χ3v) is 1.75. The van der Waals surface area contributed by atoms with Crippen molar-refractivity contribution < 1.29 is 0 Å². The monoisotopic (exact) mass is 147 g/mol. The minimum atomic E-state index is 0.501. The molecule has 0 aromatic carbocycles. The zero-order valence-electron chi connectivity index (χ0n) is 6.75. The van der Waals surface area contributed by atoms with Crippen LogP contribution >= 0.6 is 0 Å². The van der Waals surface area contributed by atoms with Gasteiger partial charge in [0.15, 0.2) is 0 Å². The molecule has 0 heterocycles. The quantitative estimate of drug-likeness (QED) is 0.581. The molecular weight excluding hydrogens is 134 g/mol. The van der Waals surface area contributed by atoms with Crippen molar-refractivity contribution in [1.82, 2.24) is 0 Å². The summed E-state index contributed by atoms with van der Waals surface area (Å²) < 4.78 is 0. The van der Waals surface area contributed by atoms with E-state index >= 15 is 0 Å². The van der Waals surface area contributed by atoms with E-state index in [1.807, 2.05) is 0 Å². The summed E-state index contributed by atoms with van der Waals surface area (Å²) in [4.78, 5) is 0. The molecule has 1 aliphatic carbocycles. The second-order valence-corrected chi connectivity index (χ2v) is 2.82. The van der Waals surface area contributed by atoms with Crippen molar-refractivity contribution in [3.8, 4) is 0 Å². The smallest absolute Gasteiger partial charge is 0.0174 e. The molecule has 58 valence electrons. The third-order valence-electron chi connectivity index (χ3n) is 1.75. The summed E-state index contributed by atoms with van der Waals surface area (Å²) in [6.07, 6.45) is 12.6. The Morgan fingerprint density at radius 3 is 3.09 bits per heavy atom. The Bertz CT molecular complexity index is 219. The largest absolute Gasteiger partial charge is 0.309 e. The van der Waals surface area contributed by atoms with E-state index in [-0.39, 0.29) is 0 Å². The Balaban J connectivity index is 2.52. The molecule has 0 saturated carbocycles. The maximum Gasteiger partial charge on any atom is 0.0174 e. The first kappa shape index (κ1) is 7.99. The number of hydrogen-bond acceptors (Lipinski definition) is 1. The zero-order valence-corrected chi connectivity index (χ0v) is 6.75. The van der Waals surface area contributed by atoms with Crippen molar-refractivity contribution in [3.05, 3.63) is 36.0 Å². The first-order valence-electron chi connectivity index (χ1n) is 3.84. The summed E-state index contributed by atoms with van der Waals surface area (Å²) in [6, 6.07) is 0. The van der Waals surface area contributed by atoms with Crippen LogP contribution in [0.4, 0.5) is 0 Å². The zero-order chi connectivity index (χ0) is 8.10. The van der Waals surface area contributed by atoms with Crippen LogP contribution in [0.2, 0.25) is 0 Å². The van der Waals surface area contributed by atoms with Crippen molar-refractivity contribution in [2.24, 2.45) is 5.92 Å². The van der Waals surface area contributed by atoms with Gasteiger partial charge in [-0.1, -0.05) is 29.9 Å². The molecule has 0 fully saturated rings. The maximum absolute atomic E-state index is 6.82. The van der Waals surface area contributed by atoms with Crippen LogP contribution in [0.15, 0.2) is 36.0 Å². The van der Waals surface area contributed by atoms with Gasteiger partial charge in [0.05, 0.1) is 0 Å². The highest BCUT2D eigenvalue weighted by atomic mass is 14.3. The minimum Gasteiger partial charge on any atom is -0.309 e. The topological polar surface area (TPSA) is 23.9 Å². The third kappa shape index (κ3) is 2.54. The van der Waals surface area contributed by atoms with Crippen LogP contribution in [0.25, 0.3) is 0 Å². The van der Waals surface area contributed by atoms with Crippen LogP contribution in [-0.2, 0) is 0 Å². The van der Waals surface area contributed by atoms with Crippen LogP contribution in [0, 0.1) is 11.3 Å². The first-order chi connectivity index (χ1) is 5.33. The molecule has 0 aromatic heterocycles. The summed E-state index contributed by atoms with van der Waals surface area (Å²) in [6.45, 7) is 2.13. The summed E-state index contributed by atoms with van der Waals surface area (Å²) >= 11 is 0. The Hall–Kier alpha value is -1.11. The van der Waals surface area contributed by atoms with Crippen LogP contribution in [0.5, 0.6) is 0 Å². The van der Waals surface area contributed by atoms with Gasteiger partial charge < -0.3 is 5.41 Å². The standard InChI is InChI=1S/C10H13N/c1-9-4-2-5-10(8-9)6-3-7-11/h2-7,10-11H,8H2,1H3/b6-3-,11-7?. The van der Waals surface area contributed by atoms with Gasteiger partial charge in [-0.2, -0.15) is 0 Å². The van der Waals surface area contributed by atoms with Gasteiger partial charge in [-0.25, -0.2) is 0 Å². The van der Waals surface area contributed by atoms with Crippen molar-refractivity contribution >= 4 is 6.21 Å². The summed E-state index contributed by atoms with van der Waals surface area (Å²) in [7, 11) is 0. The van der Waals surface area contributed by atoms with Crippen molar-refractivity contribution in [1.29, 1.82) is 5.41 Å². The molecule has 0 aliphatic heterocycles. The number of hydrogen-bond donors (Lipinski definition) is 1. The lowest BCUT2D eigenvalue weighted by Gasteiger charge is -2.10. The lowest BCUT2D eigenvalue weighted by molar-refractivity contribution is 0.784. The van der Waals surface area contributed by atoms with Gasteiger partial charge in [0.1, 0.15) is 0 Å². The molecule has 1 rings (SSSR count). The summed E-state index contributed by atoms with van der Waals surface area (Å²) in [5, 5.41) is 6.82. The van der Waals surface area contributed by atoms with Crippen molar-refractivity contribution in [3.63, 3.8) is 0 Å². The molecule has 1 atom stereocenters. The van der Waals surface area contributed by atoms with E-state index in [4.69, 9.17) is 5.41 Å². The molecule has 0 saturated heterocycles. The molecule has 0 aromatic rings. The normalized spacial score (nSPS) is 23.7. The van der Waals surface area contributed by atoms with Crippen LogP contribution in [0.1, 0.15) is 13.3 Å². The molecule has 1 nitrogen and oxygen atoms in total. The van der Waals surface area contributed by atoms with E-state index in [2.05, 4.69) is 31.2 Å². The molecule has 0 spiro atoms. The highest BCUT2D eigenvalue weighted by Gasteiger charge is 2.03. The molecule has 1 N–H and O–H groups in total. The van der Waals surface area contributed by atoms with Gasteiger partial charge in [0, 0.05) is 6.21 Å². The molecule has 0 radical (unpaired) electrons. The molecule has 1 unspecified atom stereocenters. The molecule has 0 bridgehead atoms. The molecule has 1 heteroatoms. The summed E-state index contributed by atoms with van der Waals surface area (Å²) in [5.74, 6) is 0.501. The van der Waals surface area contributed by atoms with Gasteiger partial charge in [0.2, 0.25) is 0 Å². The average Bonchev–Trinajstić information content (AvgIpc) is 2.01. The Morgan fingerprint density at radius 2 is 2.45 bits per heavy atom. The van der Waals surface area contributed by atoms with E-state index in [0.29, 0.717) is 5.92 Å². The number of nitrogens with one attached hydrogen (secondary N) is 1. The van der Waals surface area contributed by atoms with Gasteiger partial charge >= 0.3 is 0 Å². The Morgan fingerprint density at radius 1 is 1.64 bits per heavy atom. The number of rotatable bonds is 2. The van der Waals surface area contributed by atoms with E-state index in [0.717, 1.165) is 6.42 Å². The van der Waals surface area contributed by atoms with E-state index < -0.39 is 0 Å². The van der Waals surface area contributed by atoms with Crippen LogP contribution in [-0.4, -0.2) is 6.21 Å². The van der Waals surface area contributed by atoms with Gasteiger partial charge in [-0.3, -0.25) is 0 Å². The average molecular weight is 147 g/mol. The van der Waals surface area contributed by atoms with Crippen LogP contribution < -0.4 is 0 Å². The SMILES string of the molecule is CC1=CC=CC(/C=C\C=N)C1. The van der Waals surface area contributed by atoms with E-state index in [1.54, 1.807) is 6.08 Å². The fraction of sp³-hybridized carbons (Fsp3) is 0.300. The first-order valence-corrected chi connectivity index (χ1v) is 3.84. The predicted molar refractivity (Wildman–Crippen MR) is 48.9 cm³/mol. The lowest BCUT2D eigenvalue weighted by Crippen LogP contribution is -1.96. The van der Waals surface area contributed by atoms with Gasteiger partial charge in [-0.05, 0) is 25.3 Å². The molecular formula is C10H13N. The highest BCUT2D eigenvalue weighted by molar-refractivity contribution is 5.67. The highest BCUT2D eigenvalue weighted by Crippen LogP contribution is 2.18. The van der Waals surface area contributed by atoms with E-state index in [1.165, 1.54) is 11.8 Å². The summed E-state index contributed by atoms with van der Waals surface area (Å²) in [5.41, 5.74) is 1.41. The lowest BCUT2D eigenvalue weighted by atomic mass is 9.95. The second kappa shape index (κ2) is 3.91. The van der Waals surface area contributed by atoms with Gasteiger partial charge in [-0.15, -0.1) is 0 Å². The predicted octanol–water partition coefficient (Wildman–Crippen LogP) is 2.71. The maximum atomic E-state index is 6.82. The number of allylic oxidation sites excluding steroid dienone is 6. The molecule has 1 aliphatic rings. The molecule has 11 heavy (non-hydrogen) atoms. The fourth-order valence-electron chi connectivity index (χ4n) is 1.20. The Labute approximate surface area is 67.6 Å². The second-order valence-electron chi connectivity index (χ2n) is 2.82. The van der Waals surface area contributed by atoms with Gasteiger partial charge in [0.25, 0.3) is 0 Å². The fourth-order valence-corrected chi connectivity index (χ4v) is 1.20. The minimum absolute atomic E-state index is 0.501. The van der Waals surface area contributed by atoms with Crippen LogP contribution in [0.3, 0.4) is 0 Å². The molecule has 0 amide bonds. The van der Waals surface area contributed by atoms with Crippen molar-refractivity contribution in [2.75, 3.05) is 0 Å². The van der Waals surface area contributed by atoms with Crippen molar-refractivity contribution in [2.45, 2.75) is 13.3 Å². The Kier molecular flexibility index (Phi) is 2.84.